The number of hydrogen-bond donors (Lipinski definition) is 2. The molecule has 0 aliphatic heterocycles. The highest BCUT2D eigenvalue weighted by molar-refractivity contribution is 5.68. The first-order chi connectivity index (χ1) is 10.3. The lowest BCUT2D eigenvalue weighted by atomic mass is 9.82. The maximum atomic E-state index is 11.8. The Morgan fingerprint density at radius 2 is 1.82 bits per heavy atom. The summed E-state index contributed by atoms with van der Waals surface area (Å²) in [6.45, 7) is 9.22. The van der Waals surface area contributed by atoms with E-state index >= 15 is 0 Å². The molecule has 4 heteroatoms. The van der Waals surface area contributed by atoms with Crippen molar-refractivity contribution in [2.24, 2.45) is 11.8 Å². The van der Waals surface area contributed by atoms with Crippen LogP contribution in [0.5, 0.6) is 0 Å². The topological polar surface area (TPSA) is 50.4 Å². The summed E-state index contributed by atoms with van der Waals surface area (Å²) in [7, 11) is 0. The largest absolute Gasteiger partial charge is 0.444 e. The minimum atomic E-state index is -0.419. The Bertz CT molecular complexity index is 365. The van der Waals surface area contributed by atoms with Crippen molar-refractivity contribution in [1.29, 1.82) is 0 Å². The predicted octanol–water partition coefficient (Wildman–Crippen LogP) is 3.85. The summed E-state index contributed by atoms with van der Waals surface area (Å²) in [6, 6.07) is 0.815. The van der Waals surface area contributed by atoms with E-state index in [2.05, 4.69) is 17.6 Å². The van der Waals surface area contributed by atoms with Crippen LogP contribution in [-0.4, -0.2) is 30.3 Å². The van der Waals surface area contributed by atoms with Gasteiger partial charge in [0.1, 0.15) is 5.60 Å². The Morgan fingerprint density at radius 1 is 1.09 bits per heavy atom. The average molecular weight is 310 g/mol. The Morgan fingerprint density at radius 3 is 2.50 bits per heavy atom. The lowest BCUT2D eigenvalue weighted by Gasteiger charge is -2.28. The van der Waals surface area contributed by atoms with Crippen molar-refractivity contribution in [3.05, 3.63) is 0 Å². The van der Waals surface area contributed by atoms with Crippen molar-refractivity contribution in [1.82, 2.24) is 10.6 Å². The standard InChI is InChI=1S/C18H34N2O2/c1-13-6-5-7-14(10-13)12-19-15-8-9-16(11-15)20-17(21)22-18(2,3)4/h13-16,19H,5-12H2,1-4H3,(H,20,21). The van der Waals surface area contributed by atoms with Crippen molar-refractivity contribution in [3.8, 4) is 0 Å². The lowest BCUT2D eigenvalue weighted by molar-refractivity contribution is 0.0505. The molecule has 0 heterocycles. The van der Waals surface area contributed by atoms with Crippen molar-refractivity contribution >= 4 is 6.09 Å². The fourth-order valence-electron chi connectivity index (χ4n) is 3.85. The molecule has 22 heavy (non-hydrogen) atoms. The molecule has 4 nitrogen and oxygen atoms in total. The van der Waals surface area contributed by atoms with E-state index in [4.69, 9.17) is 4.74 Å². The van der Waals surface area contributed by atoms with Crippen LogP contribution in [0.4, 0.5) is 4.79 Å². The smallest absolute Gasteiger partial charge is 0.407 e. The minimum Gasteiger partial charge on any atom is -0.444 e. The summed E-state index contributed by atoms with van der Waals surface area (Å²) in [4.78, 5) is 11.8. The van der Waals surface area contributed by atoms with Crippen LogP contribution in [0.3, 0.4) is 0 Å². The van der Waals surface area contributed by atoms with Gasteiger partial charge in [-0.1, -0.05) is 19.8 Å². The molecule has 2 aliphatic carbocycles. The van der Waals surface area contributed by atoms with Gasteiger partial charge in [0.2, 0.25) is 0 Å². The number of hydrogen-bond acceptors (Lipinski definition) is 3. The van der Waals surface area contributed by atoms with Gasteiger partial charge in [-0.05, 0) is 71.3 Å². The molecule has 2 rings (SSSR count). The molecule has 2 N–H and O–H groups in total. The highest BCUT2D eigenvalue weighted by atomic mass is 16.6. The van der Waals surface area contributed by atoms with Gasteiger partial charge in [0, 0.05) is 12.1 Å². The van der Waals surface area contributed by atoms with E-state index in [9.17, 15) is 4.79 Å². The van der Waals surface area contributed by atoms with Crippen molar-refractivity contribution in [2.75, 3.05) is 6.54 Å². The summed E-state index contributed by atoms with van der Waals surface area (Å²) in [5.74, 6) is 1.74. The Kier molecular flexibility index (Phi) is 6.13. The SMILES string of the molecule is CC1CCCC(CNC2CCC(NC(=O)OC(C)(C)C)C2)C1. The lowest BCUT2D eigenvalue weighted by Crippen LogP contribution is -2.39. The molecule has 0 radical (unpaired) electrons. The fraction of sp³-hybridized carbons (Fsp3) is 0.944. The monoisotopic (exact) mass is 310 g/mol. The van der Waals surface area contributed by atoms with Gasteiger partial charge in [-0.3, -0.25) is 0 Å². The maximum Gasteiger partial charge on any atom is 0.407 e. The number of carbonyl (C=O) groups is 1. The molecule has 4 unspecified atom stereocenters. The Hall–Kier alpha value is -0.770. The highest BCUT2D eigenvalue weighted by Gasteiger charge is 2.28. The van der Waals surface area contributed by atoms with Crippen LogP contribution in [0.1, 0.15) is 72.6 Å². The second kappa shape index (κ2) is 7.67. The van der Waals surface area contributed by atoms with Gasteiger partial charge in [0.05, 0.1) is 0 Å². The molecular formula is C18H34N2O2. The summed E-state index contributed by atoms with van der Waals surface area (Å²) in [5.41, 5.74) is -0.419. The van der Waals surface area contributed by atoms with Gasteiger partial charge in [-0.25, -0.2) is 4.79 Å². The molecule has 0 aromatic heterocycles. The van der Waals surface area contributed by atoms with Gasteiger partial charge in [0.25, 0.3) is 0 Å². The first kappa shape index (κ1) is 17.6. The van der Waals surface area contributed by atoms with E-state index < -0.39 is 5.60 Å². The summed E-state index contributed by atoms with van der Waals surface area (Å²) in [5, 5.41) is 6.74. The first-order valence-electron chi connectivity index (χ1n) is 9.04. The molecule has 0 aromatic rings. The minimum absolute atomic E-state index is 0.262. The molecule has 2 saturated carbocycles. The van der Waals surface area contributed by atoms with Crippen molar-refractivity contribution < 1.29 is 9.53 Å². The van der Waals surface area contributed by atoms with E-state index in [1.807, 2.05) is 20.8 Å². The molecule has 0 saturated heterocycles. The number of ether oxygens (including phenoxy) is 1. The predicted molar refractivity (Wildman–Crippen MR) is 89.9 cm³/mol. The average Bonchev–Trinajstić information content (AvgIpc) is 2.81. The van der Waals surface area contributed by atoms with Crippen molar-refractivity contribution in [2.45, 2.75) is 90.3 Å². The van der Waals surface area contributed by atoms with Gasteiger partial charge in [-0.2, -0.15) is 0 Å². The number of nitrogens with one attached hydrogen (secondary N) is 2. The highest BCUT2D eigenvalue weighted by Crippen LogP contribution is 2.28. The van der Waals surface area contributed by atoms with Crippen LogP contribution in [-0.2, 0) is 4.74 Å². The molecule has 0 aromatic carbocycles. The van der Waals surface area contributed by atoms with E-state index in [1.54, 1.807) is 0 Å². The second-order valence-corrected chi connectivity index (χ2v) is 8.40. The Balaban J connectivity index is 1.64. The number of rotatable bonds is 4. The summed E-state index contributed by atoms with van der Waals surface area (Å²) in [6.07, 6.45) is 8.51. The first-order valence-corrected chi connectivity index (χ1v) is 9.04. The third-order valence-corrected chi connectivity index (χ3v) is 4.89. The third-order valence-electron chi connectivity index (χ3n) is 4.89. The third kappa shape index (κ3) is 6.15. The van der Waals surface area contributed by atoms with Gasteiger partial charge in [0.15, 0.2) is 0 Å². The van der Waals surface area contributed by atoms with Gasteiger partial charge < -0.3 is 15.4 Å². The molecule has 1 amide bonds. The molecule has 128 valence electrons. The van der Waals surface area contributed by atoms with Crippen LogP contribution < -0.4 is 10.6 Å². The van der Waals surface area contributed by atoms with E-state index in [0.717, 1.165) is 37.6 Å². The quantitative estimate of drug-likeness (QED) is 0.829. The van der Waals surface area contributed by atoms with Gasteiger partial charge in [-0.15, -0.1) is 0 Å². The normalized spacial score (nSPS) is 32.7. The van der Waals surface area contributed by atoms with Crippen LogP contribution >= 0.6 is 0 Å². The van der Waals surface area contributed by atoms with E-state index in [1.165, 1.54) is 25.7 Å². The molecule has 0 bridgehead atoms. The van der Waals surface area contributed by atoms with Gasteiger partial charge >= 0.3 is 6.09 Å². The maximum absolute atomic E-state index is 11.8. The molecule has 4 atom stereocenters. The molecule has 2 aliphatic rings. The zero-order chi connectivity index (χ0) is 16.2. The number of alkyl carbamates (subject to hydrolysis) is 1. The van der Waals surface area contributed by atoms with E-state index in [0.29, 0.717) is 6.04 Å². The molecule has 2 fully saturated rings. The van der Waals surface area contributed by atoms with Crippen LogP contribution in [0.15, 0.2) is 0 Å². The molecular weight excluding hydrogens is 276 g/mol. The number of amides is 1. The fourth-order valence-corrected chi connectivity index (χ4v) is 3.85. The zero-order valence-electron chi connectivity index (χ0n) is 14.8. The van der Waals surface area contributed by atoms with Crippen LogP contribution in [0.2, 0.25) is 0 Å². The summed E-state index contributed by atoms with van der Waals surface area (Å²) < 4.78 is 5.33. The van der Waals surface area contributed by atoms with Crippen molar-refractivity contribution in [3.63, 3.8) is 0 Å². The van der Waals surface area contributed by atoms with Crippen LogP contribution in [0.25, 0.3) is 0 Å². The molecule has 0 spiro atoms. The Labute approximate surface area is 135 Å². The number of carbonyl (C=O) groups excluding carboxylic acids is 1. The van der Waals surface area contributed by atoms with Crippen LogP contribution in [0, 0.1) is 11.8 Å². The summed E-state index contributed by atoms with van der Waals surface area (Å²) >= 11 is 0. The second-order valence-electron chi connectivity index (χ2n) is 8.40. The van der Waals surface area contributed by atoms with E-state index in [-0.39, 0.29) is 12.1 Å². The zero-order valence-corrected chi connectivity index (χ0v) is 14.8.